The number of aromatic nitrogens is 2. The summed E-state index contributed by atoms with van der Waals surface area (Å²) >= 11 is 0. The first kappa shape index (κ1) is 35.9. The molecule has 0 saturated carbocycles. The molecule has 0 saturated heterocycles. The van der Waals surface area contributed by atoms with Crippen molar-refractivity contribution >= 4 is 38.9 Å². The van der Waals surface area contributed by atoms with Crippen LogP contribution in [0.15, 0.2) is 48.8 Å². The molecule has 2 aliphatic carbocycles. The minimum atomic E-state index is -4.29. The van der Waals surface area contributed by atoms with Gasteiger partial charge in [0.05, 0.1) is 18.7 Å². The molecular weight excluding hydrogens is 649 g/mol. The molecule has 6 rings (SSSR count). The van der Waals surface area contributed by atoms with E-state index in [0.717, 1.165) is 90.3 Å². The summed E-state index contributed by atoms with van der Waals surface area (Å²) in [4.78, 5) is 11.2. The summed E-state index contributed by atoms with van der Waals surface area (Å²) in [5, 5.41) is 10.9. The number of allylic oxidation sites excluding steroid dienone is 3. The highest BCUT2D eigenvalue weighted by Crippen LogP contribution is 2.44. The number of aryl methyl sites for hydroxylation is 2. The average molecular weight is 700 g/mol. The van der Waals surface area contributed by atoms with Gasteiger partial charge in [-0.05, 0) is 101 Å². The Labute approximate surface area is 296 Å². The van der Waals surface area contributed by atoms with Crippen molar-refractivity contribution in [3.8, 4) is 11.5 Å². The number of fused-ring (bicyclic) bond motifs is 4. The number of rotatable bonds is 13. The molecule has 0 bridgehead atoms. The first-order chi connectivity index (χ1) is 23.6. The van der Waals surface area contributed by atoms with Gasteiger partial charge in [0, 0.05) is 22.6 Å². The number of hydrogen-bond acceptors (Lipinski definition) is 4. The SMILES string of the molecule is CCCCn1cc[n+](CCCCCC(=O)O)c1C1=c2cc3c(cc2Oc2cc4c(cc21)C(CC)=CC(C)(C)C4)=CC(C)(C)C=C3CS(=O)(=O)O. The first-order valence-corrected chi connectivity index (χ1v) is 19.7. The quantitative estimate of drug-likeness (QED) is 0.0881. The van der Waals surface area contributed by atoms with Gasteiger partial charge in [-0.25, -0.2) is 9.13 Å². The number of carbonyl (C=O) groups is 1. The van der Waals surface area contributed by atoms with Crippen molar-refractivity contribution in [2.45, 2.75) is 106 Å². The van der Waals surface area contributed by atoms with E-state index in [1.54, 1.807) is 0 Å². The summed E-state index contributed by atoms with van der Waals surface area (Å²) in [7, 11) is -4.29. The van der Waals surface area contributed by atoms with Gasteiger partial charge >= 0.3 is 5.97 Å². The van der Waals surface area contributed by atoms with Crippen molar-refractivity contribution < 1.29 is 32.2 Å². The Balaban J connectivity index is 1.64. The van der Waals surface area contributed by atoms with E-state index in [2.05, 4.69) is 79.6 Å². The zero-order valence-corrected chi connectivity index (χ0v) is 31.1. The van der Waals surface area contributed by atoms with Gasteiger partial charge in [-0.1, -0.05) is 66.2 Å². The molecule has 0 radical (unpaired) electrons. The third kappa shape index (κ3) is 7.54. The molecule has 0 spiro atoms. The largest absolute Gasteiger partial charge is 0.481 e. The number of benzene rings is 2. The molecule has 8 nitrogen and oxygen atoms in total. The second kappa shape index (κ2) is 13.6. The van der Waals surface area contributed by atoms with Crippen LogP contribution < -0.4 is 19.7 Å². The van der Waals surface area contributed by atoms with Crippen LogP contribution in [0, 0.1) is 10.8 Å². The lowest BCUT2D eigenvalue weighted by atomic mass is 9.74. The number of nitrogens with zero attached hydrogens (tertiary/aromatic N) is 2. The first-order valence-electron chi connectivity index (χ1n) is 18.0. The van der Waals surface area contributed by atoms with Crippen LogP contribution in [-0.4, -0.2) is 34.4 Å². The molecule has 2 heterocycles. The molecule has 3 aromatic rings. The van der Waals surface area contributed by atoms with Gasteiger partial charge in [0.25, 0.3) is 15.9 Å². The van der Waals surface area contributed by atoms with Crippen LogP contribution in [0.4, 0.5) is 0 Å². The number of imidazole rings is 1. The Hall–Kier alpha value is -3.95. The third-order valence-corrected chi connectivity index (χ3v) is 10.7. The minimum absolute atomic E-state index is 0.0274. The van der Waals surface area contributed by atoms with Crippen molar-refractivity contribution in [1.82, 2.24) is 4.57 Å². The summed E-state index contributed by atoms with van der Waals surface area (Å²) in [5.41, 5.74) is 6.78. The number of aliphatic carboxylic acids is 1. The van der Waals surface area contributed by atoms with Crippen molar-refractivity contribution in [2.75, 3.05) is 5.75 Å². The molecule has 1 aromatic heterocycles. The molecule has 266 valence electrons. The molecule has 9 heteroatoms. The molecule has 0 atom stereocenters. The van der Waals surface area contributed by atoms with E-state index in [-0.39, 0.29) is 11.8 Å². The van der Waals surface area contributed by atoms with Crippen LogP contribution in [0.3, 0.4) is 0 Å². The third-order valence-electron chi connectivity index (χ3n) is 10.0. The van der Waals surface area contributed by atoms with Gasteiger partial charge < -0.3 is 9.84 Å². The van der Waals surface area contributed by atoms with Gasteiger partial charge in [0.1, 0.15) is 29.6 Å². The smallest absolute Gasteiger partial charge is 0.303 e. The zero-order valence-electron chi connectivity index (χ0n) is 30.3. The normalized spacial score (nSPS) is 17.0. The summed E-state index contributed by atoms with van der Waals surface area (Å²) in [6.07, 6.45) is 17.0. The monoisotopic (exact) mass is 699 g/mol. The lowest BCUT2D eigenvalue weighted by Crippen LogP contribution is -2.39. The van der Waals surface area contributed by atoms with Crippen LogP contribution in [0.5, 0.6) is 11.5 Å². The van der Waals surface area contributed by atoms with Gasteiger partial charge in [-0.3, -0.25) is 9.35 Å². The Bertz CT molecular complexity index is 2150. The fraction of sp³-hybridized carbons (Fsp3) is 0.463. The second-order valence-electron chi connectivity index (χ2n) is 15.5. The molecule has 0 unspecified atom stereocenters. The molecule has 0 fully saturated rings. The van der Waals surface area contributed by atoms with E-state index < -0.39 is 27.3 Å². The lowest BCUT2D eigenvalue weighted by Gasteiger charge is -2.32. The highest BCUT2D eigenvalue weighted by molar-refractivity contribution is 7.86. The number of carboxylic acids is 1. The van der Waals surface area contributed by atoms with Crippen molar-refractivity contribution in [2.24, 2.45) is 10.8 Å². The van der Waals surface area contributed by atoms with E-state index in [1.165, 1.54) is 16.7 Å². The summed E-state index contributed by atoms with van der Waals surface area (Å²) < 4.78 is 46.0. The van der Waals surface area contributed by atoms with Gasteiger partial charge in [-0.2, -0.15) is 8.42 Å². The van der Waals surface area contributed by atoms with Crippen molar-refractivity contribution in [1.29, 1.82) is 0 Å². The van der Waals surface area contributed by atoms with E-state index in [9.17, 15) is 22.9 Å². The van der Waals surface area contributed by atoms with Gasteiger partial charge in [0.15, 0.2) is 0 Å². The highest BCUT2D eigenvalue weighted by Gasteiger charge is 2.34. The molecule has 50 heavy (non-hydrogen) atoms. The zero-order chi connectivity index (χ0) is 36.0. The van der Waals surface area contributed by atoms with Crippen LogP contribution in [0.25, 0.3) is 22.8 Å². The Morgan fingerprint density at radius 1 is 0.920 bits per heavy atom. The van der Waals surface area contributed by atoms with E-state index in [0.29, 0.717) is 17.7 Å². The van der Waals surface area contributed by atoms with E-state index in [1.807, 2.05) is 26.0 Å². The van der Waals surface area contributed by atoms with E-state index in [4.69, 9.17) is 4.74 Å². The minimum Gasteiger partial charge on any atom is -0.481 e. The molecular formula is C41H51N2O6S+. The fourth-order valence-corrected chi connectivity index (χ4v) is 8.60. The Morgan fingerprint density at radius 2 is 1.70 bits per heavy atom. The number of carboxylic acid groups (broad SMARTS) is 1. The second-order valence-corrected chi connectivity index (χ2v) is 17.0. The maximum Gasteiger partial charge on any atom is 0.303 e. The molecule has 2 N–H and O–H groups in total. The van der Waals surface area contributed by atoms with Crippen LogP contribution in [0.2, 0.25) is 0 Å². The molecule has 1 aliphatic heterocycles. The molecule has 3 aliphatic rings. The summed E-state index contributed by atoms with van der Waals surface area (Å²) in [6, 6.07) is 8.61. The standard InChI is InChI=1S/C41H50N2O6S/c1-7-9-14-42-16-17-43(15-12-10-11-13-37(44)45)39(42)38-33-20-31-27(8-2)22-40(3,4)23-28(31)18-35(33)49-36-19-29-24-41(5,6)25-30(26-50(46,47)48)32(29)21-34(36)38/h16-22,24-25H,7-15,23,26H2,1-6H3,(H-,44,45,46,47,48)/p+1. The molecule has 2 aromatic carbocycles. The van der Waals surface area contributed by atoms with E-state index >= 15 is 0 Å². The predicted octanol–water partition coefficient (Wildman–Crippen LogP) is 7.04. The van der Waals surface area contributed by atoms with Crippen LogP contribution in [0.1, 0.15) is 115 Å². The van der Waals surface area contributed by atoms with Crippen LogP contribution >= 0.6 is 0 Å². The number of ether oxygens (including phenoxy) is 1. The van der Waals surface area contributed by atoms with Crippen LogP contribution in [-0.2, 0) is 34.4 Å². The van der Waals surface area contributed by atoms with Gasteiger partial charge in [-0.15, -0.1) is 0 Å². The Kier molecular flexibility index (Phi) is 9.78. The average Bonchev–Trinajstić information content (AvgIpc) is 3.40. The van der Waals surface area contributed by atoms with Gasteiger partial charge in [0.2, 0.25) is 0 Å². The fourth-order valence-electron chi connectivity index (χ4n) is 7.97. The topological polar surface area (TPSA) is 110 Å². The lowest BCUT2D eigenvalue weighted by molar-refractivity contribution is -0.699. The van der Waals surface area contributed by atoms with Crippen molar-refractivity contribution in [3.05, 3.63) is 87.3 Å². The van der Waals surface area contributed by atoms with Crippen molar-refractivity contribution in [3.63, 3.8) is 0 Å². The maximum atomic E-state index is 12.3. The molecule has 0 amide bonds. The number of unbranched alkanes of at least 4 members (excludes halogenated alkanes) is 3. The number of hydrogen-bond donors (Lipinski definition) is 2. The highest BCUT2D eigenvalue weighted by atomic mass is 32.2. The predicted molar refractivity (Wildman–Crippen MR) is 198 cm³/mol. The summed E-state index contributed by atoms with van der Waals surface area (Å²) in [6.45, 7) is 14.6. The summed E-state index contributed by atoms with van der Waals surface area (Å²) in [5.74, 6) is 1.32. The maximum absolute atomic E-state index is 12.3. The Morgan fingerprint density at radius 3 is 2.40 bits per heavy atom.